The lowest BCUT2D eigenvalue weighted by molar-refractivity contribution is -0.197. The number of rotatable bonds is 2. The first-order chi connectivity index (χ1) is 10.6. The van der Waals surface area contributed by atoms with Gasteiger partial charge in [0.2, 0.25) is 0 Å². The number of hydrogen-bond donors (Lipinski definition) is 2. The summed E-state index contributed by atoms with van der Waals surface area (Å²) in [4.78, 5) is 35.3. The Labute approximate surface area is 126 Å². The summed E-state index contributed by atoms with van der Waals surface area (Å²) in [5.41, 5.74) is -3.97. The SMILES string of the molecule is COC(=O)NC1(C(F)(F)F)NC(=O)N(c2ccc(F)cc2)C1=O. The van der Waals surface area contributed by atoms with E-state index in [2.05, 4.69) is 4.74 Å². The lowest BCUT2D eigenvalue weighted by Crippen LogP contribution is -2.69. The number of ether oxygens (including phenoxy) is 1. The molecule has 0 spiro atoms. The third kappa shape index (κ3) is 2.64. The molecule has 7 nitrogen and oxygen atoms in total. The highest BCUT2D eigenvalue weighted by molar-refractivity contribution is 6.24. The van der Waals surface area contributed by atoms with Gasteiger partial charge in [-0.3, -0.25) is 15.4 Å². The molecule has 1 fully saturated rings. The summed E-state index contributed by atoms with van der Waals surface area (Å²) < 4.78 is 56.8. The summed E-state index contributed by atoms with van der Waals surface area (Å²) >= 11 is 0. The van der Waals surface area contributed by atoms with Gasteiger partial charge < -0.3 is 4.74 Å². The second kappa shape index (κ2) is 5.41. The molecule has 0 saturated carbocycles. The minimum absolute atomic E-state index is 0.142. The smallest absolute Gasteiger partial charge is 0.440 e. The Morgan fingerprint density at radius 1 is 1.26 bits per heavy atom. The highest BCUT2D eigenvalue weighted by Crippen LogP contribution is 2.35. The first kappa shape index (κ1) is 16.5. The number of benzene rings is 1. The number of urea groups is 1. The monoisotopic (exact) mass is 335 g/mol. The van der Waals surface area contributed by atoms with E-state index >= 15 is 0 Å². The normalized spacial score (nSPS) is 21.2. The molecule has 1 heterocycles. The van der Waals surface area contributed by atoms with E-state index in [0.29, 0.717) is 0 Å². The number of amides is 4. The zero-order chi connectivity index (χ0) is 17.4. The number of nitrogens with one attached hydrogen (secondary N) is 2. The molecule has 0 aliphatic carbocycles. The Balaban J connectivity index is 2.47. The van der Waals surface area contributed by atoms with Crippen molar-refractivity contribution in [2.75, 3.05) is 12.0 Å². The fourth-order valence-corrected chi connectivity index (χ4v) is 1.91. The van der Waals surface area contributed by atoms with Gasteiger partial charge >= 0.3 is 18.3 Å². The maximum atomic E-state index is 13.3. The van der Waals surface area contributed by atoms with Gasteiger partial charge in [-0.05, 0) is 24.3 Å². The van der Waals surface area contributed by atoms with E-state index in [9.17, 15) is 31.9 Å². The number of carbonyl (C=O) groups excluding carboxylic acids is 3. The molecule has 0 aromatic heterocycles. The number of alkyl carbamates (subject to hydrolysis) is 1. The predicted octanol–water partition coefficient (Wildman–Crippen LogP) is 1.50. The van der Waals surface area contributed by atoms with Crippen molar-refractivity contribution >= 4 is 23.7 Å². The molecule has 0 radical (unpaired) electrons. The highest BCUT2D eigenvalue weighted by atomic mass is 19.4. The van der Waals surface area contributed by atoms with Crippen molar-refractivity contribution in [2.24, 2.45) is 0 Å². The largest absolute Gasteiger partial charge is 0.453 e. The van der Waals surface area contributed by atoms with Crippen molar-refractivity contribution in [3.63, 3.8) is 0 Å². The van der Waals surface area contributed by atoms with E-state index in [4.69, 9.17) is 0 Å². The Hall–Kier alpha value is -2.85. The molecule has 1 aliphatic heterocycles. The van der Waals surface area contributed by atoms with Gasteiger partial charge in [0.1, 0.15) is 5.82 Å². The highest BCUT2D eigenvalue weighted by Gasteiger charge is 2.69. The summed E-state index contributed by atoms with van der Waals surface area (Å²) in [6.45, 7) is 0. The van der Waals surface area contributed by atoms with Crippen LogP contribution in [0, 0.1) is 5.82 Å². The molecule has 0 bridgehead atoms. The summed E-state index contributed by atoms with van der Waals surface area (Å²) in [5, 5.41) is 2.68. The van der Waals surface area contributed by atoms with E-state index in [0.717, 1.165) is 31.4 Å². The van der Waals surface area contributed by atoms with Crippen LogP contribution >= 0.6 is 0 Å². The van der Waals surface area contributed by atoms with Crippen molar-refractivity contribution < 1.29 is 36.7 Å². The molecular formula is C12H9F4N3O4. The van der Waals surface area contributed by atoms with Gasteiger partial charge in [0.15, 0.2) is 0 Å². The van der Waals surface area contributed by atoms with Crippen molar-refractivity contribution in [3.05, 3.63) is 30.1 Å². The fraction of sp³-hybridized carbons (Fsp3) is 0.250. The first-order valence-corrected chi connectivity index (χ1v) is 5.97. The molecule has 2 rings (SSSR count). The lowest BCUT2D eigenvalue weighted by atomic mass is 10.1. The molecule has 11 heteroatoms. The zero-order valence-electron chi connectivity index (χ0n) is 11.4. The van der Waals surface area contributed by atoms with Gasteiger partial charge in [-0.15, -0.1) is 0 Å². The minimum Gasteiger partial charge on any atom is -0.453 e. The van der Waals surface area contributed by atoms with Crippen LogP contribution in [0.3, 0.4) is 0 Å². The Bertz CT molecular complexity index is 661. The summed E-state index contributed by atoms with van der Waals surface area (Å²) in [7, 11) is 0.790. The zero-order valence-corrected chi connectivity index (χ0v) is 11.4. The molecule has 2 N–H and O–H groups in total. The van der Waals surface area contributed by atoms with Crippen LogP contribution < -0.4 is 15.5 Å². The average Bonchev–Trinajstić information content (AvgIpc) is 2.71. The maximum Gasteiger partial charge on any atom is 0.440 e. The van der Waals surface area contributed by atoms with Crippen molar-refractivity contribution in [1.29, 1.82) is 0 Å². The van der Waals surface area contributed by atoms with Crippen LogP contribution in [0.15, 0.2) is 24.3 Å². The maximum absolute atomic E-state index is 13.3. The number of methoxy groups -OCH3 is 1. The summed E-state index contributed by atoms with van der Waals surface area (Å²) in [5.74, 6) is -2.51. The molecule has 1 aromatic carbocycles. The van der Waals surface area contributed by atoms with Crippen molar-refractivity contribution in [2.45, 2.75) is 11.8 Å². The fourth-order valence-electron chi connectivity index (χ4n) is 1.91. The number of alkyl halides is 3. The molecule has 23 heavy (non-hydrogen) atoms. The van der Waals surface area contributed by atoms with Crippen LogP contribution in [0.5, 0.6) is 0 Å². The average molecular weight is 335 g/mol. The second-order valence-corrected chi connectivity index (χ2v) is 4.41. The van der Waals surface area contributed by atoms with Gasteiger partial charge in [0.25, 0.3) is 11.6 Å². The number of imide groups is 1. The Morgan fingerprint density at radius 3 is 2.30 bits per heavy atom. The number of halogens is 4. The number of hydrogen-bond acceptors (Lipinski definition) is 4. The standard InChI is InChI=1S/C12H9F4N3O4/c1-23-10(22)18-11(12(14,15)16)8(20)19(9(21)17-11)7-4-2-6(13)3-5-7/h2-5H,1H3,(H,17,21)(H,18,22). The number of carbonyl (C=O) groups is 3. The quantitative estimate of drug-likeness (QED) is 0.633. The molecule has 124 valence electrons. The molecule has 1 atom stereocenters. The molecular weight excluding hydrogens is 326 g/mol. The predicted molar refractivity (Wildman–Crippen MR) is 66.7 cm³/mol. The van der Waals surface area contributed by atoms with Gasteiger partial charge in [-0.2, -0.15) is 13.2 Å². The molecule has 4 amide bonds. The van der Waals surface area contributed by atoms with E-state index in [-0.39, 0.29) is 10.6 Å². The third-order valence-electron chi connectivity index (χ3n) is 3.01. The van der Waals surface area contributed by atoms with Crippen LogP contribution in [0.2, 0.25) is 0 Å². The van der Waals surface area contributed by atoms with Gasteiger partial charge in [0.05, 0.1) is 12.8 Å². The van der Waals surface area contributed by atoms with Crippen molar-refractivity contribution in [1.82, 2.24) is 10.6 Å². The molecule has 1 aromatic rings. The van der Waals surface area contributed by atoms with Crippen LogP contribution in [0.25, 0.3) is 0 Å². The van der Waals surface area contributed by atoms with Gasteiger partial charge in [-0.25, -0.2) is 18.9 Å². The minimum atomic E-state index is -5.34. The van der Waals surface area contributed by atoms with E-state index in [1.165, 1.54) is 10.6 Å². The Kier molecular flexibility index (Phi) is 3.89. The Morgan fingerprint density at radius 2 is 1.83 bits per heavy atom. The topological polar surface area (TPSA) is 87.7 Å². The number of nitrogens with zero attached hydrogens (tertiary/aromatic N) is 1. The number of anilines is 1. The van der Waals surface area contributed by atoms with E-state index in [1.54, 1.807) is 0 Å². The van der Waals surface area contributed by atoms with E-state index in [1.807, 2.05) is 0 Å². The van der Waals surface area contributed by atoms with Crippen LogP contribution in [0.4, 0.5) is 32.8 Å². The summed E-state index contributed by atoms with van der Waals surface area (Å²) in [6.07, 6.45) is -6.92. The van der Waals surface area contributed by atoms with E-state index < -0.39 is 35.7 Å². The van der Waals surface area contributed by atoms with Crippen molar-refractivity contribution in [3.8, 4) is 0 Å². The van der Waals surface area contributed by atoms with Gasteiger partial charge in [-0.1, -0.05) is 0 Å². The van der Waals surface area contributed by atoms with Crippen LogP contribution in [-0.2, 0) is 9.53 Å². The van der Waals surface area contributed by atoms with Crippen LogP contribution in [-0.4, -0.2) is 37.0 Å². The first-order valence-electron chi connectivity index (χ1n) is 5.97. The third-order valence-corrected chi connectivity index (χ3v) is 3.01. The lowest BCUT2D eigenvalue weighted by Gasteiger charge is -2.29. The second-order valence-electron chi connectivity index (χ2n) is 4.41. The molecule has 1 aliphatic rings. The van der Waals surface area contributed by atoms with Gasteiger partial charge in [0, 0.05) is 0 Å². The summed E-state index contributed by atoms with van der Waals surface area (Å²) in [6, 6.07) is 2.17. The van der Waals surface area contributed by atoms with Crippen LogP contribution in [0.1, 0.15) is 0 Å². The molecule has 1 saturated heterocycles. The molecule has 1 unspecified atom stereocenters.